The molecular formula is C13H21N3O4S. The van der Waals surface area contributed by atoms with Crippen LogP contribution in [0.5, 0.6) is 0 Å². The van der Waals surface area contributed by atoms with Gasteiger partial charge in [-0.2, -0.15) is 9.40 Å². The lowest BCUT2D eigenvalue weighted by Crippen LogP contribution is -2.49. The summed E-state index contributed by atoms with van der Waals surface area (Å²) < 4.78 is 27.9. The highest BCUT2D eigenvalue weighted by molar-refractivity contribution is 7.89. The molecule has 0 saturated carbocycles. The third kappa shape index (κ3) is 2.96. The molecule has 8 heteroatoms. The van der Waals surface area contributed by atoms with E-state index in [0.717, 1.165) is 0 Å². The van der Waals surface area contributed by atoms with E-state index in [-0.39, 0.29) is 11.4 Å². The zero-order valence-electron chi connectivity index (χ0n) is 12.3. The smallest absolute Gasteiger partial charge is 0.310 e. The summed E-state index contributed by atoms with van der Waals surface area (Å²) in [4.78, 5) is 11.8. The van der Waals surface area contributed by atoms with Crippen molar-refractivity contribution >= 4 is 16.0 Å². The number of aliphatic carboxylic acids is 1. The van der Waals surface area contributed by atoms with Gasteiger partial charge in [0.25, 0.3) is 0 Å². The van der Waals surface area contributed by atoms with Crippen molar-refractivity contribution in [1.82, 2.24) is 14.1 Å². The van der Waals surface area contributed by atoms with E-state index in [4.69, 9.17) is 0 Å². The summed E-state index contributed by atoms with van der Waals surface area (Å²) in [7, 11) is -2.03. The number of aromatic nitrogens is 2. The number of aryl methyl sites for hydroxylation is 1. The molecule has 118 valence electrons. The van der Waals surface area contributed by atoms with Crippen molar-refractivity contribution in [1.29, 1.82) is 0 Å². The van der Waals surface area contributed by atoms with Crippen molar-refractivity contribution in [3.8, 4) is 0 Å². The lowest BCUT2D eigenvalue weighted by Gasteiger charge is -2.38. The van der Waals surface area contributed by atoms with Crippen LogP contribution in [0.3, 0.4) is 0 Å². The van der Waals surface area contributed by atoms with Gasteiger partial charge in [0, 0.05) is 26.3 Å². The Morgan fingerprint density at radius 3 is 2.76 bits per heavy atom. The Morgan fingerprint density at radius 1 is 1.52 bits per heavy atom. The normalized spacial score (nSPS) is 24.1. The first-order chi connectivity index (χ1) is 9.82. The fraction of sp³-hybridized carbons (Fsp3) is 0.692. The average molecular weight is 315 g/mol. The van der Waals surface area contributed by atoms with E-state index in [9.17, 15) is 18.3 Å². The zero-order chi connectivity index (χ0) is 15.7. The fourth-order valence-electron chi connectivity index (χ4n) is 2.94. The Morgan fingerprint density at radius 2 is 2.24 bits per heavy atom. The van der Waals surface area contributed by atoms with Crippen LogP contribution in [0.25, 0.3) is 0 Å². The molecule has 1 saturated heterocycles. The van der Waals surface area contributed by atoms with E-state index in [2.05, 4.69) is 5.10 Å². The Bertz CT molecular complexity index is 621. The van der Waals surface area contributed by atoms with Crippen LogP contribution in [0.2, 0.25) is 0 Å². The van der Waals surface area contributed by atoms with E-state index in [0.29, 0.717) is 32.2 Å². The summed E-state index contributed by atoms with van der Waals surface area (Å²) in [5.41, 5.74) is -0.970. The van der Waals surface area contributed by atoms with E-state index >= 15 is 0 Å². The minimum absolute atomic E-state index is 0.0351. The van der Waals surface area contributed by atoms with Crippen LogP contribution < -0.4 is 0 Å². The average Bonchev–Trinajstić information content (AvgIpc) is 2.86. The fourth-order valence-corrected chi connectivity index (χ4v) is 4.49. The molecule has 0 radical (unpaired) electrons. The van der Waals surface area contributed by atoms with Crippen LogP contribution in [-0.4, -0.2) is 46.7 Å². The lowest BCUT2D eigenvalue weighted by molar-refractivity contribution is -0.151. The van der Waals surface area contributed by atoms with Crippen molar-refractivity contribution in [3.63, 3.8) is 0 Å². The van der Waals surface area contributed by atoms with Crippen molar-refractivity contribution in [2.24, 2.45) is 12.5 Å². The van der Waals surface area contributed by atoms with Gasteiger partial charge in [0.05, 0.1) is 11.6 Å². The molecular weight excluding hydrogens is 294 g/mol. The molecule has 1 atom stereocenters. The van der Waals surface area contributed by atoms with Gasteiger partial charge in [-0.15, -0.1) is 0 Å². The van der Waals surface area contributed by atoms with Gasteiger partial charge >= 0.3 is 5.97 Å². The van der Waals surface area contributed by atoms with Crippen molar-refractivity contribution in [2.45, 2.75) is 37.5 Å². The van der Waals surface area contributed by atoms with Gasteiger partial charge in [-0.1, -0.05) is 13.3 Å². The van der Waals surface area contributed by atoms with Crippen LogP contribution in [0, 0.1) is 5.41 Å². The van der Waals surface area contributed by atoms with E-state index in [1.807, 2.05) is 6.92 Å². The topological polar surface area (TPSA) is 92.5 Å². The minimum atomic E-state index is -3.68. The molecule has 1 aromatic rings. The molecule has 1 aliphatic rings. The molecule has 0 aromatic carbocycles. The third-order valence-electron chi connectivity index (χ3n) is 4.04. The lowest BCUT2D eigenvalue weighted by atomic mass is 9.77. The van der Waals surface area contributed by atoms with Crippen LogP contribution in [-0.2, 0) is 21.9 Å². The SMILES string of the molecule is CCCC1(C(=O)O)CCCN(S(=O)(=O)c2cnn(C)c2)C1. The van der Waals surface area contributed by atoms with Crippen LogP contribution in [0.15, 0.2) is 17.3 Å². The summed E-state index contributed by atoms with van der Waals surface area (Å²) in [6, 6.07) is 0. The second-order valence-electron chi connectivity index (χ2n) is 5.63. The Hall–Kier alpha value is -1.41. The number of carboxylic acids is 1. The first-order valence-corrected chi connectivity index (χ1v) is 8.48. The molecule has 1 N–H and O–H groups in total. The predicted molar refractivity (Wildman–Crippen MR) is 76.2 cm³/mol. The molecule has 1 aromatic heterocycles. The summed E-state index contributed by atoms with van der Waals surface area (Å²) >= 11 is 0. The number of rotatable bonds is 5. The molecule has 7 nitrogen and oxygen atoms in total. The highest BCUT2D eigenvalue weighted by Crippen LogP contribution is 2.37. The highest BCUT2D eigenvalue weighted by atomic mass is 32.2. The second-order valence-corrected chi connectivity index (χ2v) is 7.57. The van der Waals surface area contributed by atoms with Gasteiger partial charge in [0.1, 0.15) is 4.90 Å². The number of piperidine rings is 1. The van der Waals surface area contributed by atoms with Gasteiger partial charge in [0.2, 0.25) is 10.0 Å². The second kappa shape index (κ2) is 5.76. The minimum Gasteiger partial charge on any atom is -0.481 e. The molecule has 1 aliphatic heterocycles. The van der Waals surface area contributed by atoms with Crippen molar-refractivity contribution in [3.05, 3.63) is 12.4 Å². The van der Waals surface area contributed by atoms with E-state index in [1.165, 1.54) is 21.4 Å². The monoisotopic (exact) mass is 315 g/mol. The maximum absolute atomic E-state index is 12.6. The first kappa shape index (κ1) is 16.0. The quantitative estimate of drug-likeness (QED) is 0.877. The number of hydrogen-bond acceptors (Lipinski definition) is 4. The Kier molecular flexibility index (Phi) is 4.38. The number of hydrogen-bond donors (Lipinski definition) is 1. The molecule has 2 heterocycles. The van der Waals surface area contributed by atoms with Crippen LogP contribution >= 0.6 is 0 Å². The maximum Gasteiger partial charge on any atom is 0.310 e. The van der Waals surface area contributed by atoms with Crippen LogP contribution in [0.1, 0.15) is 32.6 Å². The van der Waals surface area contributed by atoms with E-state index in [1.54, 1.807) is 7.05 Å². The van der Waals surface area contributed by atoms with Gasteiger partial charge in [0.15, 0.2) is 0 Å². The van der Waals surface area contributed by atoms with Gasteiger partial charge in [-0.3, -0.25) is 9.48 Å². The standard InChI is InChI=1S/C13H21N3O4S/c1-3-5-13(12(17)18)6-4-7-16(10-13)21(19,20)11-8-14-15(2)9-11/h8-9H,3-7,10H2,1-2H3,(H,17,18). The van der Waals surface area contributed by atoms with Crippen LogP contribution in [0.4, 0.5) is 0 Å². The van der Waals surface area contributed by atoms with Gasteiger partial charge < -0.3 is 5.11 Å². The number of nitrogens with zero attached hydrogens (tertiary/aromatic N) is 3. The van der Waals surface area contributed by atoms with Crippen molar-refractivity contribution < 1.29 is 18.3 Å². The highest BCUT2D eigenvalue weighted by Gasteiger charge is 2.45. The molecule has 1 fully saturated rings. The van der Waals surface area contributed by atoms with Gasteiger partial charge in [-0.05, 0) is 19.3 Å². The summed E-state index contributed by atoms with van der Waals surface area (Å²) in [5, 5.41) is 13.4. The van der Waals surface area contributed by atoms with E-state index < -0.39 is 21.4 Å². The first-order valence-electron chi connectivity index (χ1n) is 7.04. The third-order valence-corrected chi connectivity index (χ3v) is 5.84. The summed E-state index contributed by atoms with van der Waals surface area (Å²) in [5.74, 6) is -0.907. The molecule has 2 rings (SSSR count). The molecule has 1 unspecified atom stereocenters. The Balaban J connectivity index is 2.30. The number of sulfonamides is 1. The summed E-state index contributed by atoms with van der Waals surface area (Å²) in [6.07, 6.45) is 5.02. The van der Waals surface area contributed by atoms with Gasteiger partial charge in [-0.25, -0.2) is 8.42 Å². The predicted octanol–water partition coefficient (Wildman–Crippen LogP) is 1.08. The maximum atomic E-state index is 12.6. The molecule has 0 aliphatic carbocycles. The summed E-state index contributed by atoms with van der Waals surface area (Å²) in [6.45, 7) is 2.31. The van der Waals surface area contributed by atoms with Crippen molar-refractivity contribution in [2.75, 3.05) is 13.1 Å². The molecule has 21 heavy (non-hydrogen) atoms. The Labute approximate surface area is 124 Å². The molecule has 0 amide bonds. The largest absolute Gasteiger partial charge is 0.481 e. The number of carboxylic acid groups (broad SMARTS) is 1. The molecule has 0 spiro atoms. The number of carbonyl (C=O) groups is 1. The zero-order valence-corrected chi connectivity index (χ0v) is 13.1. The molecule has 0 bridgehead atoms.